The zero-order chi connectivity index (χ0) is 17.1. The summed E-state index contributed by atoms with van der Waals surface area (Å²) in [6.07, 6.45) is 2.37. The number of hydrogen-bond acceptors (Lipinski definition) is 2. The Morgan fingerprint density at radius 2 is 1.92 bits per heavy atom. The summed E-state index contributed by atoms with van der Waals surface area (Å²) >= 11 is 5.79. The van der Waals surface area contributed by atoms with Gasteiger partial charge in [0, 0.05) is 18.0 Å². The van der Waals surface area contributed by atoms with Crippen LogP contribution in [0, 0.1) is 5.82 Å². The summed E-state index contributed by atoms with van der Waals surface area (Å²) in [7, 11) is -1.50. The van der Waals surface area contributed by atoms with Crippen molar-refractivity contribution in [1.29, 1.82) is 0 Å². The van der Waals surface area contributed by atoms with E-state index in [1.807, 2.05) is 6.07 Å². The molecule has 24 heavy (non-hydrogen) atoms. The van der Waals surface area contributed by atoms with Gasteiger partial charge in [-0.3, -0.25) is 4.79 Å². The minimum atomic E-state index is -1.50. The summed E-state index contributed by atoms with van der Waals surface area (Å²) < 4.78 is 25.9. The summed E-state index contributed by atoms with van der Waals surface area (Å²) in [4.78, 5) is 15.2. The quantitative estimate of drug-likeness (QED) is 0.826. The molecule has 0 saturated carbocycles. The highest BCUT2D eigenvalue weighted by Crippen LogP contribution is 2.23. The molecule has 2 aromatic rings. The minimum Gasteiger partial charge on any atom is -0.333 e. The molecular weight excluding hydrogens is 349 g/mol. The van der Waals surface area contributed by atoms with E-state index in [0.717, 1.165) is 5.56 Å². The van der Waals surface area contributed by atoms with E-state index < -0.39 is 16.6 Å². The van der Waals surface area contributed by atoms with Crippen molar-refractivity contribution in [2.45, 2.75) is 17.9 Å². The normalized spacial score (nSPS) is 16.0. The lowest BCUT2D eigenvalue weighted by molar-refractivity contribution is -0.127. The molecule has 6 heteroatoms. The summed E-state index contributed by atoms with van der Waals surface area (Å²) in [5.41, 5.74) is 0.737. The van der Waals surface area contributed by atoms with Gasteiger partial charge in [0.05, 0.1) is 15.8 Å². The summed E-state index contributed by atoms with van der Waals surface area (Å²) in [5, 5.41) is 0.0283. The van der Waals surface area contributed by atoms with Crippen molar-refractivity contribution >= 4 is 28.3 Å². The van der Waals surface area contributed by atoms with Crippen LogP contribution in [-0.2, 0) is 22.1 Å². The highest BCUT2D eigenvalue weighted by Gasteiger charge is 2.27. The molecule has 1 aliphatic rings. The molecule has 0 bridgehead atoms. The fraction of sp³-hybridized carbons (Fsp3) is 0.167. The highest BCUT2D eigenvalue weighted by atomic mass is 35.5. The molecule has 1 atom stereocenters. The molecular formula is C18H15ClFNO2S. The SMILES string of the molecule is O=C1C(S(=O)c2ccccc2)=CCCN1Cc1ccc(F)c(Cl)c1. The lowest BCUT2D eigenvalue weighted by Crippen LogP contribution is -2.36. The van der Waals surface area contributed by atoms with Crippen molar-refractivity contribution in [3.63, 3.8) is 0 Å². The van der Waals surface area contributed by atoms with Crippen LogP contribution in [0.5, 0.6) is 0 Å². The number of nitrogens with zero attached hydrogens (tertiary/aromatic N) is 1. The van der Waals surface area contributed by atoms with E-state index in [4.69, 9.17) is 11.6 Å². The first kappa shape index (κ1) is 16.9. The van der Waals surface area contributed by atoms with Gasteiger partial charge in [0.15, 0.2) is 0 Å². The van der Waals surface area contributed by atoms with Crippen LogP contribution in [0.2, 0.25) is 5.02 Å². The predicted molar refractivity (Wildman–Crippen MR) is 92.4 cm³/mol. The third-order valence-electron chi connectivity index (χ3n) is 3.74. The average Bonchev–Trinajstić information content (AvgIpc) is 2.60. The molecule has 1 aliphatic heterocycles. The highest BCUT2D eigenvalue weighted by molar-refractivity contribution is 7.90. The van der Waals surface area contributed by atoms with E-state index in [0.29, 0.717) is 29.3 Å². The number of amides is 1. The van der Waals surface area contributed by atoms with Crippen LogP contribution in [0.25, 0.3) is 0 Å². The van der Waals surface area contributed by atoms with E-state index in [1.165, 1.54) is 12.1 Å². The molecule has 1 heterocycles. The molecule has 0 aromatic heterocycles. The van der Waals surface area contributed by atoms with E-state index in [9.17, 15) is 13.4 Å². The Balaban J connectivity index is 1.78. The van der Waals surface area contributed by atoms with Gasteiger partial charge in [0.2, 0.25) is 0 Å². The maximum absolute atomic E-state index is 13.2. The Bertz CT molecular complexity index is 823. The second-order valence-electron chi connectivity index (χ2n) is 5.41. The van der Waals surface area contributed by atoms with Gasteiger partial charge < -0.3 is 4.90 Å². The monoisotopic (exact) mass is 363 g/mol. The van der Waals surface area contributed by atoms with Gasteiger partial charge in [-0.1, -0.05) is 41.9 Å². The first-order valence-electron chi connectivity index (χ1n) is 7.46. The lowest BCUT2D eigenvalue weighted by Gasteiger charge is -2.27. The van der Waals surface area contributed by atoms with Crippen LogP contribution in [0.1, 0.15) is 12.0 Å². The van der Waals surface area contributed by atoms with Gasteiger partial charge in [-0.2, -0.15) is 0 Å². The third kappa shape index (κ3) is 3.57. The van der Waals surface area contributed by atoms with Crippen LogP contribution in [0.4, 0.5) is 4.39 Å². The molecule has 3 rings (SSSR count). The molecule has 124 valence electrons. The van der Waals surface area contributed by atoms with Crippen molar-refractivity contribution in [1.82, 2.24) is 4.90 Å². The summed E-state index contributed by atoms with van der Waals surface area (Å²) in [5.74, 6) is -0.750. The molecule has 0 spiro atoms. The Morgan fingerprint density at radius 3 is 2.62 bits per heavy atom. The van der Waals surface area contributed by atoms with Gasteiger partial charge >= 0.3 is 0 Å². The molecule has 0 saturated heterocycles. The number of carbonyl (C=O) groups excluding carboxylic acids is 1. The van der Waals surface area contributed by atoms with Gasteiger partial charge in [-0.25, -0.2) is 8.60 Å². The van der Waals surface area contributed by atoms with Crippen molar-refractivity contribution in [2.75, 3.05) is 6.54 Å². The van der Waals surface area contributed by atoms with Crippen molar-refractivity contribution in [2.24, 2.45) is 0 Å². The van der Waals surface area contributed by atoms with Crippen LogP contribution in [0.15, 0.2) is 64.4 Å². The molecule has 0 N–H and O–H groups in total. The Labute approximate surface area is 147 Å². The van der Waals surface area contributed by atoms with Crippen molar-refractivity contribution in [3.8, 4) is 0 Å². The summed E-state index contributed by atoms with van der Waals surface area (Å²) in [6.45, 7) is 0.839. The second kappa shape index (κ2) is 7.28. The Kier molecular flexibility index (Phi) is 5.11. The molecule has 1 amide bonds. The van der Waals surface area contributed by atoms with Gasteiger partial charge in [-0.05, 0) is 36.2 Å². The molecule has 1 unspecified atom stereocenters. The number of hydrogen-bond donors (Lipinski definition) is 0. The topological polar surface area (TPSA) is 37.4 Å². The van der Waals surface area contributed by atoms with Crippen molar-refractivity contribution < 1.29 is 13.4 Å². The molecule has 2 aromatic carbocycles. The fourth-order valence-electron chi connectivity index (χ4n) is 2.53. The van der Waals surface area contributed by atoms with Gasteiger partial charge in [0.1, 0.15) is 10.7 Å². The van der Waals surface area contributed by atoms with Crippen LogP contribution in [-0.4, -0.2) is 21.6 Å². The largest absolute Gasteiger partial charge is 0.333 e. The van der Waals surface area contributed by atoms with Crippen molar-refractivity contribution in [3.05, 3.63) is 75.9 Å². The smallest absolute Gasteiger partial charge is 0.263 e. The zero-order valence-corrected chi connectivity index (χ0v) is 14.3. The zero-order valence-electron chi connectivity index (χ0n) is 12.7. The number of carbonyl (C=O) groups is 1. The third-order valence-corrected chi connectivity index (χ3v) is 5.47. The molecule has 0 fully saturated rings. The van der Waals surface area contributed by atoms with Crippen LogP contribution >= 0.6 is 11.6 Å². The molecule has 0 aliphatic carbocycles. The maximum atomic E-state index is 13.2. The Hall–Kier alpha value is -1.98. The van der Waals surface area contributed by atoms with E-state index in [-0.39, 0.29) is 10.9 Å². The summed E-state index contributed by atoms with van der Waals surface area (Å²) in [6, 6.07) is 13.3. The average molecular weight is 364 g/mol. The first-order valence-corrected chi connectivity index (χ1v) is 8.99. The fourth-order valence-corrected chi connectivity index (χ4v) is 3.95. The van der Waals surface area contributed by atoms with E-state index >= 15 is 0 Å². The first-order chi connectivity index (χ1) is 11.6. The van der Waals surface area contributed by atoms with Crippen LogP contribution in [0.3, 0.4) is 0 Å². The number of rotatable bonds is 4. The predicted octanol–water partition coefficient (Wildman–Crippen LogP) is 3.90. The maximum Gasteiger partial charge on any atom is 0.263 e. The molecule has 0 radical (unpaired) electrons. The lowest BCUT2D eigenvalue weighted by atomic mass is 10.1. The van der Waals surface area contributed by atoms with Gasteiger partial charge in [0.25, 0.3) is 5.91 Å². The molecule has 3 nitrogen and oxygen atoms in total. The second-order valence-corrected chi connectivity index (χ2v) is 7.27. The van der Waals surface area contributed by atoms with Crippen LogP contribution < -0.4 is 0 Å². The minimum absolute atomic E-state index is 0.0283. The standard InChI is InChI=1S/C18H15ClFNO2S/c19-15-11-13(8-9-16(15)20)12-21-10-4-7-17(18(21)22)24(23)14-5-2-1-3-6-14/h1-3,5-9,11H,4,10,12H2. The van der Waals surface area contributed by atoms with Gasteiger partial charge in [-0.15, -0.1) is 0 Å². The number of benzene rings is 2. The van der Waals surface area contributed by atoms with E-state index in [2.05, 4.69) is 0 Å². The number of halogens is 2. The Morgan fingerprint density at radius 1 is 1.17 bits per heavy atom. The van der Waals surface area contributed by atoms with E-state index in [1.54, 1.807) is 41.3 Å².